The molecule has 2 aromatic rings. The lowest BCUT2D eigenvalue weighted by Crippen LogP contribution is -2.64. The van der Waals surface area contributed by atoms with Gasteiger partial charge < -0.3 is 19.3 Å². The second-order valence-electron chi connectivity index (χ2n) is 17.5. The minimum absolute atomic E-state index is 0.0512. The Morgan fingerprint density at radius 3 is 2.02 bits per heavy atom. The lowest BCUT2D eigenvalue weighted by atomic mass is 9.45. The van der Waals surface area contributed by atoms with Gasteiger partial charge >= 0.3 is 17.9 Å². The van der Waals surface area contributed by atoms with Crippen molar-refractivity contribution in [2.75, 3.05) is 0 Å². The molecule has 0 radical (unpaired) electrons. The third-order valence-corrected chi connectivity index (χ3v) is 13.6. The molecule has 0 amide bonds. The third kappa shape index (κ3) is 6.83. The second kappa shape index (κ2) is 14.7. The predicted octanol–water partition coefficient (Wildman–Crippen LogP) is 9.47. The lowest BCUT2D eigenvalue weighted by molar-refractivity contribution is -0.178. The summed E-state index contributed by atoms with van der Waals surface area (Å²) < 4.78 is 19.0. The van der Waals surface area contributed by atoms with Crippen molar-refractivity contribution in [2.45, 2.75) is 118 Å². The first-order valence-electron chi connectivity index (χ1n) is 19.5. The van der Waals surface area contributed by atoms with Crippen molar-refractivity contribution in [3.05, 3.63) is 107 Å². The van der Waals surface area contributed by atoms with Gasteiger partial charge in [-0.3, -0.25) is 4.79 Å². The van der Waals surface area contributed by atoms with E-state index in [0.717, 1.165) is 43.3 Å². The van der Waals surface area contributed by atoms with Gasteiger partial charge in [0.15, 0.2) is 0 Å². The van der Waals surface area contributed by atoms with Crippen LogP contribution in [-0.2, 0) is 19.0 Å². The normalized spacial score (nSPS) is 32.1. The van der Waals surface area contributed by atoms with Crippen molar-refractivity contribution in [3.8, 4) is 0 Å². The zero-order chi connectivity index (χ0) is 38.5. The van der Waals surface area contributed by atoms with E-state index in [1.165, 1.54) is 18.1 Å². The molecule has 0 saturated heterocycles. The summed E-state index contributed by atoms with van der Waals surface area (Å²) >= 11 is 0. The van der Waals surface area contributed by atoms with Crippen LogP contribution in [0, 0.1) is 39.9 Å². The first kappa shape index (κ1) is 38.7. The van der Waals surface area contributed by atoms with Crippen LogP contribution in [0.25, 0.3) is 0 Å². The fourth-order valence-electron chi connectivity index (χ4n) is 10.9. The van der Waals surface area contributed by atoms with Crippen molar-refractivity contribution in [2.24, 2.45) is 39.9 Å². The highest BCUT2D eigenvalue weighted by atomic mass is 16.6. The highest BCUT2D eigenvalue weighted by Gasteiger charge is 2.66. The van der Waals surface area contributed by atoms with Crippen LogP contribution < -0.4 is 0 Å². The Labute approximate surface area is 315 Å². The van der Waals surface area contributed by atoms with E-state index in [1.807, 2.05) is 12.1 Å². The number of benzene rings is 2. The van der Waals surface area contributed by atoms with Crippen LogP contribution in [0.15, 0.2) is 95.6 Å². The lowest BCUT2D eigenvalue weighted by Gasteiger charge is -2.62. The van der Waals surface area contributed by atoms with E-state index in [4.69, 9.17) is 14.2 Å². The molecule has 7 heteroatoms. The van der Waals surface area contributed by atoms with Crippen molar-refractivity contribution in [1.82, 2.24) is 0 Å². The molecular formula is C46H58O7. The number of aliphatic hydroxyl groups is 1. The monoisotopic (exact) mass is 722 g/mol. The minimum atomic E-state index is -1.06. The predicted molar refractivity (Wildman–Crippen MR) is 206 cm³/mol. The van der Waals surface area contributed by atoms with Crippen LogP contribution >= 0.6 is 0 Å². The average molecular weight is 723 g/mol. The molecule has 1 N–H and O–H groups in total. The molecule has 0 spiro atoms. The van der Waals surface area contributed by atoms with Gasteiger partial charge in [-0.25, -0.2) is 9.59 Å². The Hall–Kier alpha value is -3.97. The molecule has 0 heterocycles. The van der Waals surface area contributed by atoms with Gasteiger partial charge in [-0.2, -0.15) is 0 Å². The standard InChI is InChI=1S/C46H58O7/c1-27(2)28(3)20-21-29(4)34-23-24-35-33-22-25-37-44(6,7)40(53-43(50)32-18-14-11-15-19-32)36(52-42(49)31-16-12-10-13-17-31)26-45(37,8)38(33)39(48)41(46(34,35)9)51-30(5)47/h10-19,24,27,29,34,36-37,39-41,48H,3,20-23,25-26H2,1-2,4-9H3/t29-,34-,36-,37+,39-,40+,41+,45+,46-/m1/s1. The number of hydrogen-bond acceptors (Lipinski definition) is 7. The van der Waals surface area contributed by atoms with Crippen LogP contribution in [0.3, 0.4) is 0 Å². The van der Waals surface area contributed by atoms with E-state index < -0.39 is 58.6 Å². The van der Waals surface area contributed by atoms with E-state index in [1.54, 1.807) is 48.5 Å². The fourth-order valence-corrected chi connectivity index (χ4v) is 10.9. The number of carbonyl (C=O) groups excluding carboxylic acids is 3. The molecule has 53 heavy (non-hydrogen) atoms. The van der Waals surface area contributed by atoms with Gasteiger partial charge in [0.25, 0.3) is 0 Å². The molecule has 1 fully saturated rings. The molecule has 0 aliphatic heterocycles. The van der Waals surface area contributed by atoms with Gasteiger partial charge in [0.05, 0.1) is 11.1 Å². The van der Waals surface area contributed by atoms with Crippen LogP contribution in [0.4, 0.5) is 0 Å². The smallest absolute Gasteiger partial charge is 0.338 e. The Balaban J connectivity index is 1.41. The summed E-state index contributed by atoms with van der Waals surface area (Å²) in [6, 6.07) is 17.7. The van der Waals surface area contributed by atoms with E-state index in [9.17, 15) is 19.5 Å². The Kier molecular flexibility index (Phi) is 10.7. The quantitative estimate of drug-likeness (QED) is 0.148. The van der Waals surface area contributed by atoms with E-state index in [2.05, 4.69) is 61.1 Å². The molecule has 1 saturated carbocycles. The molecule has 0 bridgehead atoms. The zero-order valence-corrected chi connectivity index (χ0v) is 32.8. The molecule has 4 aliphatic carbocycles. The van der Waals surface area contributed by atoms with Crippen molar-refractivity contribution < 1.29 is 33.7 Å². The summed E-state index contributed by atoms with van der Waals surface area (Å²) in [5.41, 5.74) is 3.33. The van der Waals surface area contributed by atoms with Gasteiger partial charge in [0.1, 0.15) is 24.4 Å². The maximum absolute atomic E-state index is 13.7. The third-order valence-electron chi connectivity index (χ3n) is 13.6. The van der Waals surface area contributed by atoms with Crippen LogP contribution in [0.2, 0.25) is 0 Å². The number of esters is 3. The van der Waals surface area contributed by atoms with Crippen molar-refractivity contribution in [3.63, 3.8) is 0 Å². The molecule has 284 valence electrons. The molecule has 2 aromatic carbocycles. The zero-order valence-electron chi connectivity index (χ0n) is 32.8. The molecule has 7 nitrogen and oxygen atoms in total. The summed E-state index contributed by atoms with van der Waals surface area (Å²) in [7, 11) is 0. The van der Waals surface area contributed by atoms with Crippen LogP contribution in [0.1, 0.15) is 115 Å². The second-order valence-corrected chi connectivity index (χ2v) is 17.5. The minimum Gasteiger partial charge on any atom is -0.458 e. The van der Waals surface area contributed by atoms with Gasteiger partial charge in [-0.05, 0) is 109 Å². The Bertz CT molecular complexity index is 1790. The maximum atomic E-state index is 13.7. The SMILES string of the molecule is C=C(CC[C@@H](C)[C@H]1CC=C2C3=C([C@@H](O)[C@H](OC(C)=O)[C@@]21C)[C@@]1(C)C[C@@H](OC(=O)c2ccccc2)[C@H](OC(=O)c2ccccc2)C(C)(C)[C@@H]1CC3)C(C)C. The largest absolute Gasteiger partial charge is 0.458 e. The highest BCUT2D eigenvalue weighted by molar-refractivity contribution is 5.90. The first-order valence-corrected chi connectivity index (χ1v) is 19.5. The number of aliphatic hydroxyl groups excluding tert-OH is 1. The molecule has 0 unspecified atom stereocenters. The van der Waals surface area contributed by atoms with Gasteiger partial charge in [0.2, 0.25) is 0 Å². The average Bonchev–Trinajstić information content (AvgIpc) is 3.48. The number of fused-ring (bicyclic) bond motifs is 4. The summed E-state index contributed by atoms with van der Waals surface area (Å²) in [5.74, 6) is -0.552. The van der Waals surface area contributed by atoms with Crippen molar-refractivity contribution >= 4 is 17.9 Å². The Morgan fingerprint density at radius 2 is 1.45 bits per heavy atom. The van der Waals surface area contributed by atoms with Gasteiger partial charge in [-0.1, -0.05) is 103 Å². The number of carbonyl (C=O) groups is 3. The fraction of sp³-hybridized carbons (Fsp3) is 0.543. The summed E-state index contributed by atoms with van der Waals surface area (Å²) in [6.45, 7) is 20.9. The molecule has 4 aliphatic rings. The number of ether oxygens (including phenoxy) is 3. The molecule has 0 aromatic heterocycles. The van der Waals surface area contributed by atoms with Gasteiger partial charge in [0, 0.05) is 17.8 Å². The summed E-state index contributed by atoms with van der Waals surface area (Å²) in [6.07, 6.45) is 3.53. The number of hydrogen-bond donors (Lipinski definition) is 1. The molecular weight excluding hydrogens is 664 g/mol. The van der Waals surface area contributed by atoms with E-state index in [0.29, 0.717) is 29.4 Å². The van der Waals surface area contributed by atoms with E-state index in [-0.39, 0.29) is 11.8 Å². The highest BCUT2D eigenvalue weighted by Crippen LogP contribution is 2.67. The van der Waals surface area contributed by atoms with Crippen molar-refractivity contribution in [1.29, 1.82) is 0 Å². The molecule has 9 atom stereocenters. The number of rotatable bonds is 10. The van der Waals surface area contributed by atoms with E-state index >= 15 is 0 Å². The van der Waals surface area contributed by atoms with Crippen LogP contribution in [-0.4, -0.2) is 47.4 Å². The summed E-state index contributed by atoms with van der Waals surface area (Å²) in [5, 5.41) is 12.7. The first-order chi connectivity index (χ1) is 25.0. The Morgan fingerprint density at radius 1 is 0.868 bits per heavy atom. The maximum Gasteiger partial charge on any atom is 0.338 e. The van der Waals surface area contributed by atoms with Crippen LogP contribution in [0.5, 0.6) is 0 Å². The molecule has 6 rings (SSSR count). The topological polar surface area (TPSA) is 99.1 Å². The van der Waals surface area contributed by atoms with Gasteiger partial charge in [-0.15, -0.1) is 0 Å². The summed E-state index contributed by atoms with van der Waals surface area (Å²) in [4.78, 5) is 40.3. The number of allylic oxidation sites excluding steroid dienone is 3.